The zero-order valence-corrected chi connectivity index (χ0v) is 18.5. The Morgan fingerprint density at radius 1 is 1.06 bits per heavy atom. The van der Waals surface area contributed by atoms with E-state index in [-0.39, 0.29) is 12.6 Å². The number of anilines is 1. The van der Waals surface area contributed by atoms with Gasteiger partial charge in [0.25, 0.3) is 0 Å². The smallest absolute Gasteiger partial charge is 0.226 e. The van der Waals surface area contributed by atoms with Crippen LogP contribution in [0.3, 0.4) is 0 Å². The first-order valence-corrected chi connectivity index (χ1v) is 10.7. The normalized spacial score (nSPS) is 14.9. The number of methoxy groups -OCH3 is 2. The third-order valence-electron chi connectivity index (χ3n) is 5.30. The van der Waals surface area contributed by atoms with Crippen LogP contribution in [0.25, 0.3) is 5.70 Å². The number of aliphatic hydroxyl groups is 1. The largest absolute Gasteiger partial charge is 0.494 e. The predicted octanol–water partition coefficient (Wildman–Crippen LogP) is 3.67. The number of nitrogens with one attached hydrogen (secondary N) is 1. The van der Waals surface area contributed by atoms with Crippen LogP contribution >= 0.6 is 0 Å². The van der Waals surface area contributed by atoms with E-state index in [1.165, 1.54) is 0 Å². The van der Waals surface area contributed by atoms with E-state index < -0.39 is 0 Å². The fraction of sp³-hybridized carbons (Fsp3) is 0.333. The third-order valence-corrected chi connectivity index (χ3v) is 5.30. The molecule has 4 rings (SSSR count). The molecule has 1 aromatic heterocycles. The van der Waals surface area contributed by atoms with Crippen LogP contribution in [-0.2, 0) is 6.42 Å². The van der Waals surface area contributed by atoms with E-state index in [0.717, 1.165) is 22.6 Å². The zero-order valence-electron chi connectivity index (χ0n) is 18.5. The van der Waals surface area contributed by atoms with Crippen molar-refractivity contribution in [2.45, 2.75) is 25.8 Å². The number of ether oxygens (including phenoxy) is 3. The van der Waals surface area contributed by atoms with Gasteiger partial charge in [-0.25, -0.2) is 4.68 Å². The number of hydrogen-bond acceptors (Lipinski definition) is 7. The standard InChI is InChI=1S/C24H28N4O4/c1-4-32-18-10-7-16(8-11-18)20-15-19(17-9-12-21(30-2)22(14-17)31-3)25-24-26-23(6-5-13-29)27-28(20)24/h7-12,14-15,20,29H,4-6,13H2,1-3H3,(H,25,26,27). The summed E-state index contributed by atoms with van der Waals surface area (Å²) in [7, 11) is 3.24. The van der Waals surface area contributed by atoms with Crippen LogP contribution in [-0.4, -0.2) is 47.3 Å². The van der Waals surface area contributed by atoms with Crippen LogP contribution in [0.1, 0.15) is 36.3 Å². The van der Waals surface area contributed by atoms with Crippen molar-refractivity contribution >= 4 is 11.6 Å². The molecule has 1 aliphatic heterocycles. The molecule has 168 valence electrons. The number of aromatic nitrogens is 3. The molecule has 8 nitrogen and oxygen atoms in total. The Morgan fingerprint density at radius 3 is 2.53 bits per heavy atom. The Balaban J connectivity index is 1.74. The molecule has 2 aromatic carbocycles. The molecule has 3 aromatic rings. The summed E-state index contributed by atoms with van der Waals surface area (Å²) in [5, 5.41) is 17.3. The molecule has 1 aliphatic rings. The molecule has 2 heterocycles. The summed E-state index contributed by atoms with van der Waals surface area (Å²) in [4.78, 5) is 4.67. The number of aliphatic hydroxyl groups excluding tert-OH is 1. The maximum atomic E-state index is 9.19. The summed E-state index contributed by atoms with van der Waals surface area (Å²) in [6, 6.07) is 13.7. The Kier molecular flexibility index (Phi) is 6.61. The van der Waals surface area contributed by atoms with Crippen molar-refractivity contribution in [1.29, 1.82) is 0 Å². The van der Waals surface area contributed by atoms with Crippen molar-refractivity contribution in [3.05, 3.63) is 65.5 Å². The van der Waals surface area contributed by atoms with E-state index >= 15 is 0 Å². The molecule has 0 spiro atoms. The highest BCUT2D eigenvalue weighted by atomic mass is 16.5. The highest BCUT2D eigenvalue weighted by Crippen LogP contribution is 2.36. The first kappa shape index (κ1) is 21.7. The fourth-order valence-electron chi connectivity index (χ4n) is 3.72. The maximum absolute atomic E-state index is 9.19. The van der Waals surface area contributed by atoms with E-state index in [1.807, 2.05) is 54.1 Å². The molecule has 0 radical (unpaired) electrons. The van der Waals surface area contributed by atoms with Gasteiger partial charge >= 0.3 is 0 Å². The lowest BCUT2D eigenvalue weighted by Crippen LogP contribution is -2.20. The highest BCUT2D eigenvalue weighted by Gasteiger charge is 2.25. The van der Waals surface area contributed by atoms with Crippen molar-refractivity contribution in [2.75, 3.05) is 32.8 Å². The van der Waals surface area contributed by atoms with Crippen molar-refractivity contribution in [2.24, 2.45) is 0 Å². The second-order valence-corrected chi connectivity index (χ2v) is 7.35. The van der Waals surface area contributed by atoms with Crippen LogP contribution in [0.2, 0.25) is 0 Å². The lowest BCUT2D eigenvalue weighted by atomic mass is 10.0. The van der Waals surface area contributed by atoms with Crippen LogP contribution < -0.4 is 19.5 Å². The number of hydrogen-bond donors (Lipinski definition) is 2. The zero-order chi connectivity index (χ0) is 22.5. The SMILES string of the molecule is CCOc1ccc(C2C=C(c3ccc(OC)c(OC)c3)Nc3nc(CCCO)nn32)cc1. The number of benzene rings is 2. The van der Waals surface area contributed by atoms with Gasteiger partial charge in [0.15, 0.2) is 17.3 Å². The Bertz CT molecular complexity index is 1090. The van der Waals surface area contributed by atoms with Crippen LogP contribution in [0.15, 0.2) is 48.5 Å². The molecule has 0 fully saturated rings. The van der Waals surface area contributed by atoms with Crippen LogP contribution in [0.4, 0.5) is 5.95 Å². The topological polar surface area (TPSA) is 90.7 Å². The van der Waals surface area contributed by atoms with Gasteiger partial charge in [0, 0.05) is 24.3 Å². The van der Waals surface area contributed by atoms with Gasteiger partial charge < -0.3 is 24.6 Å². The van der Waals surface area contributed by atoms with Gasteiger partial charge in [0.05, 0.1) is 20.8 Å². The minimum Gasteiger partial charge on any atom is -0.494 e. The molecule has 32 heavy (non-hydrogen) atoms. The minimum absolute atomic E-state index is 0.106. The second-order valence-electron chi connectivity index (χ2n) is 7.35. The van der Waals surface area contributed by atoms with E-state index in [4.69, 9.17) is 19.3 Å². The van der Waals surface area contributed by atoms with Gasteiger partial charge in [-0.05, 0) is 55.3 Å². The number of aryl methyl sites for hydroxylation is 1. The molecule has 1 atom stereocenters. The Hall–Kier alpha value is -3.52. The van der Waals surface area contributed by atoms with Crippen LogP contribution in [0, 0.1) is 0 Å². The van der Waals surface area contributed by atoms with Gasteiger partial charge in [-0.3, -0.25) is 0 Å². The molecule has 8 heteroatoms. The van der Waals surface area contributed by atoms with Gasteiger partial charge in [0.1, 0.15) is 11.8 Å². The van der Waals surface area contributed by atoms with Gasteiger partial charge in [-0.1, -0.05) is 12.1 Å². The third kappa shape index (κ3) is 4.40. The van der Waals surface area contributed by atoms with Crippen molar-refractivity contribution < 1.29 is 19.3 Å². The van der Waals surface area contributed by atoms with Gasteiger partial charge in [0.2, 0.25) is 5.95 Å². The molecule has 0 bridgehead atoms. The maximum Gasteiger partial charge on any atom is 0.226 e. The summed E-state index contributed by atoms with van der Waals surface area (Å²) in [6.45, 7) is 2.70. The van der Waals surface area contributed by atoms with E-state index in [1.54, 1.807) is 14.2 Å². The molecule has 0 saturated heterocycles. The van der Waals surface area contributed by atoms with Crippen molar-refractivity contribution in [3.8, 4) is 17.2 Å². The first-order valence-electron chi connectivity index (χ1n) is 10.7. The number of nitrogens with zero attached hydrogens (tertiary/aromatic N) is 3. The monoisotopic (exact) mass is 436 g/mol. The molecule has 1 unspecified atom stereocenters. The molecule has 0 amide bonds. The summed E-state index contributed by atoms with van der Waals surface area (Å²) in [5.74, 6) is 3.51. The second kappa shape index (κ2) is 9.74. The molecular formula is C24H28N4O4. The fourth-order valence-corrected chi connectivity index (χ4v) is 3.72. The lowest BCUT2D eigenvalue weighted by Gasteiger charge is -2.25. The number of rotatable bonds is 9. The average Bonchev–Trinajstić information content (AvgIpc) is 3.25. The summed E-state index contributed by atoms with van der Waals surface area (Å²) >= 11 is 0. The molecular weight excluding hydrogens is 408 g/mol. The first-order chi connectivity index (χ1) is 15.7. The highest BCUT2D eigenvalue weighted by molar-refractivity contribution is 5.78. The van der Waals surface area contributed by atoms with Crippen molar-refractivity contribution in [1.82, 2.24) is 14.8 Å². The molecule has 0 aliphatic carbocycles. The minimum atomic E-state index is -0.152. The predicted molar refractivity (Wildman–Crippen MR) is 122 cm³/mol. The Morgan fingerprint density at radius 2 is 1.84 bits per heavy atom. The van der Waals surface area contributed by atoms with E-state index in [0.29, 0.717) is 42.7 Å². The summed E-state index contributed by atoms with van der Waals surface area (Å²) in [5.41, 5.74) is 2.91. The summed E-state index contributed by atoms with van der Waals surface area (Å²) < 4.78 is 18.3. The lowest BCUT2D eigenvalue weighted by molar-refractivity contribution is 0.287. The van der Waals surface area contributed by atoms with Gasteiger partial charge in [-0.15, -0.1) is 0 Å². The van der Waals surface area contributed by atoms with Crippen molar-refractivity contribution in [3.63, 3.8) is 0 Å². The molecule has 2 N–H and O–H groups in total. The quantitative estimate of drug-likeness (QED) is 0.529. The number of fused-ring (bicyclic) bond motifs is 1. The summed E-state index contributed by atoms with van der Waals surface area (Å²) in [6.07, 6.45) is 3.35. The van der Waals surface area contributed by atoms with Gasteiger partial charge in [-0.2, -0.15) is 10.1 Å². The number of allylic oxidation sites excluding steroid dienone is 1. The van der Waals surface area contributed by atoms with Crippen LogP contribution in [0.5, 0.6) is 17.2 Å². The molecule has 0 saturated carbocycles. The average molecular weight is 437 g/mol. The Labute approximate surface area is 187 Å². The van der Waals surface area contributed by atoms with E-state index in [9.17, 15) is 5.11 Å². The van der Waals surface area contributed by atoms with E-state index in [2.05, 4.69) is 16.4 Å².